The Morgan fingerprint density at radius 2 is 2.12 bits per heavy atom. The van der Waals surface area contributed by atoms with Gasteiger partial charge in [-0.1, -0.05) is 11.6 Å². The number of ether oxygens (including phenoxy) is 3. The molecule has 5 heteroatoms. The van der Waals surface area contributed by atoms with Crippen molar-refractivity contribution in [3.63, 3.8) is 0 Å². The molecule has 0 saturated carbocycles. The zero-order valence-corrected chi connectivity index (χ0v) is 10.4. The van der Waals surface area contributed by atoms with Crippen LogP contribution in [0.2, 0.25) is 5.02 Å². The molecule has 1 aromatic carbocycles. The Morgan fingerprint density at radius 1 is 1.41 bits per heavy atom. The van der Waals surface area contributed by atoms with Gasteiger partial charge in [0.05, 0.1) is 27.4 Å². The van der Waals surface area contributed by atoms with Crippen LogP contribution in [0.4, 0.5) is 0 Å². The lowest BCUT2D eigenvalue weighted by molar-refractivity contribution is -0.166. The molecule has 17 heavy (non-hydrogen) atoms. The van der Waals surface area contributed by atoms with E-state index in [-0.39, 0.29) is 19.2 Å². The molecule has 0 amide bonds. The van der Waals surface area contributed by atoms with E-state index in [1.165, 1.54) is 7.11 Å². The highest BCUT2D eigenvalue weighted by Crippen LogP contribution is 2.40. The Kier molecular flexibility index (Phi) is 3.26. The lowest BCUT2D eigenvalue weighted by Crippen LogP contribution is -2.53. The summed E-state index contributed by atoms with van der Waals surface area (Å²) in [4.78, 5) is 11.9. The van der Waals surface area contributed by atoms with Gasteiger partial charge in [0.25, 0.3) is 0 Å². The second-order valence-electron chi connectivity index (χ2n) is 3.91. The molecule has 2 rings (SSSR count). The number of esters is 1. The lowest BCUT2D eigenvalue weighted by atomic mass is 9.78. The summed E-state index contributed by atoms with van der Waals surface area (Å²) in [5.74, 6) is 0.285. The van der Waals surface area contributed by atoms with Crippen LogP contribution in [0.5, 0.6) is 5.75 Å². The largest absolute Gasteiger partial charge is 0.496 e. The molecule has 0 N–H and O–H groups in total. The van der Waals surface area contributed by atoms with E-state index < -0.39 is 5.41 Å². The molecule has 0 aromatic heterocycles. The van der Waals surface area contributed by atoms with Crippen molar-refractivity contribution < 1.29 is 19.0 Å². The average Bonchev–Trinajstić information content (AvgIpc) is 2.27. The minimum Gasteiger partial charge on any atom is -0.496 e. The normalized spacial score (nSPS) is 17.1. The molecular weight excluding hydrogens is 244 g/mol. The first-order valence-corrected chi connectivity index (χ1v) is 5.52. The molecule has 0 aliphatic carbocycles. The fourth-order valence-corrected chi connectivity index (χ4v) is 2.11. The van der Waals surface area contributed by atoms with Gasteiger partial charge in [-0.15, -0.1) is 0 Å². The van der Waals surface area contributed by atoms with Gasteiger partial charge < -0.3 is 14.2 Å². The molecule has 0 atom stereocenters. The van der Waals surface area contributed by atoms with Crippen molar-refractivity contribution in [2.24, 2.45) is 0 Å². The van der Waals surface area contributed by atoms with E-state index >= 15 is 0 Å². The van der Waals surface area contributed by atoms with Crippen LogP contribution >= 0.6 is 11.6 Å². The van der Waals surface area contributed by atoms with Crippen LogP contribution in [0.3, 0.4) is 0 Å². The fraction of sp³-hybridized carbons (Fsp3) is 0.417. The van der Waals surface area contributed by atoms with Crippen molar-refractivity contribution in [3.05, 3.63) is 28.8 Å². The number of hydrogen-bond donors (Lipinski definition) is 0. The van der Waals surface area contributed by atoms with E-state index in [0.717, 1.165) is 0 Å². The predicted octanol–water partition coefficient (Wildman–Crippen LogP) is 1.79. The SMILES string of the molecule is COC(=O)C1(c2cc(Cl)ccc2OC)COC1. The smallest absolute Gasteiger partial charge is 0.321 e. The van der Waals surface area contributed by atoms with Crippen LogP contribution in [-0.4, -0.2) is 33.4 Å². The van der Waals surface area contributed by atoms with Crippen molar-refractivity contribution in [2.75, 3.05) is 27.4 Å². The highest BCUT2D eigenvalue weighted by Gasteiger charge is 2.50. The van der Waals surface area contributed by atoms with E-state index in [4.69, 9.17) is 25.8 Å². The second kappa shape index (κ2) is 4.55. The van der Waals surface area contributed by atoms with Gasteiger partial charge in [-0.3, -0.25) is 4.79 Å². The zero-order valence-electron chi connectivity index (χ0n) is 9.66. The number of methoxy groups -OCH3 is 2. The Hall–Kier alpha value is -1.26. The highest BCUT2D eigenvalue weighted by molar-refractivity contribution is 6.30. The summed E-state index contributed by atoms with van der Waals surface area (Å²) < 4.78 is 15.2. The standard InChI is InChI=1S/C12H13ClO4/c1-15-10-4-3-8(13)5-9(10)12(6-17-7-12)11(14)16-2/h3-5H,6-7H2,1-2H3. The van der Waals surface area contributed by atoms with Crippen molar-refractivity contribution in [2.45, 2.75) is 5.41 Å². The maximum Gasteiger partial charge on any atom is 0.321 e. The molecule has 0 unspecified atom stereocenters. The molecule has 1 heterocycles. The summed E-state index contributed by atoms with van der Waals surface area (Å²) in [6, 6.07) is 5.18. The van der Waals surface area contributed by atoms with Gasteiger partial charge in [0.15, 0.2) is 0 Å². The van der Waals surface area contributed by atoms with Gasteiger partial charge in [0.1, 0.15) is 11.2 Å². The number of benzene rings is 1. The fourth-order valence-electron chi connectivity index (χ4n) is 1.94. The predicted molar refractivity (Wildman–Crippen MR) is 62.5 cm³/mol. The third-order valence-corrected chi connectivity index (χ3v) is 3.19. The van der Waals surface area contributed by atoms with Crippen LogP contribution in [0.1, 0.15) is 5.56 Å². The first-order valence-electron chi connectivity index (χ1n) is 5.14. The van der Waals surface area contributed by atoms with E-state index in [9.17, 15) is 4.79 Å². The van der Waals surface area contributed by atoms with E-state index in [1.807, 2.05) is 0 Å². The highest BCUT2D eigenvalue weighted by atomic mass is 35.5. The van der Waals surface area contributed by atoms with Gasteiger partial charge in [0, 0.05) is 10.6 Å². The molecule has 92 valence electrons. The van der Waals surface area contributed by atoms with Gasteiger partial charge in [-0.25, -0.2) is 0 Å². The number of carbonyl (C=O) groups is 1. The third kappa shape index (κ3) is 1.87. The van der Waals surface area contributed by atoms with Crippen molar-refractivity contribution in [1.29, 1.82) is 0 Å². The van der Waals surface area contributed by atoms with Gasteiger partial charge in [0.2, 0.25) is 0 Å². The Balaban J connectivity index is 2.50. The number of carbonyl (C=O) groups excluding carboxylic acids is 1. The van der Waals surface area contributed by atoms with E-state index in [1.54, 1.807) is 25.3 Å². The second-order valence-corrected chi connectivity index (χ2v) is 4.35. The first kappa shape index (κ1) is 12.2. The minimum atomic E-state index is -0.787. The van der Waals surface area contributed by atoms with Crippen molar-refractivity contribution >= 4 is 17.6 Å². The zero-order chi connectivity index (χ0) is 12.5. The summed E-state index contributed by atoms with van der Waals surface area (Å²) in [5, 5.41) is 0.552. The molecule has 0 radical (unpaired) electrons. The minimum absolute atomic E-state index is 0.288. The molecule has 1 aliphatic heterocycles. The van der Waals surface area contributed by atoms with E-state index in [0.29, 0.717) is 16.3 Å². The molecule has 0 spiro atoms. The Labute approximate surface area is 104 Å². The Morgan fingerprint density at radius 3 is 2.59 bits per heavy atom. The number of rotatable bonds is 3. The molecule has 4 nitrogen and oxygen atoms in total. The number of halogens is 1. The van der Waals surface area contributed by atoms with Crippen molar-refractivity contribution in [3.8, 4) is 5.75 Å². The monoisotopic (exact) mass is 256 g/mol. The van der Waals surface area contributed by atoms with Crippen molar-refractivity contribution in [1.82, 2.24) is 0 Å². The van der Waals surface area contributed by atoms with E-state index in [2.05, 4.69) is 0 Å². The van der Waals surface area contributed by atoms with Crippen LogP contribution in [-0.2, 0) is 19.7 Å². The molecule has 0 bridgehead atoms. The molecule has 1 aliphatic rings. The maximum absolute atomic E-state index is 11.9. The Bertz CT molecular complexity index is 440. The molecule has 1 aromatic rings. The summed E-state index contributed by atoms with van der Waals surface area (Å²) in [6.45, 7) is 0.576. The molecule has 1 saturated heterocycles. The quantitative estimate of drug-likeness (QED) is 0.774. The van der Waals surface area contributed by atoms with Crippen LogP contribution in [0.15, 0.2) is 18.2 Å². The average molecular weight is 257 g/mol. The van der Waals surface area contributed by atoms with Gasteiger partial charge in [-0.2, -0.15) is 0 Å². The van der Waals surface area contributed by atoms with Gasteiger partial charge >= 0.3 is 5.97 Å². The molecule has 1 fully saturated rings. The van der Waals surface area contributed by atoms with Crippen LogP contribution in [0.25, 0.3) is 0 Å². The third-order valence-electron chi connectivity index (χ3n) is 2.95. The molecular formula is C12H13ClO4. The van der Waals surface area contributed by atoms with Crippen LogP contribution < -0.4 is 4.74 Å². The van der Waals surface area contributed by atoms with Gasteiger partial charge in [-0.05, 0) is 18.2 Å². The summed E-state index contributed by atoms with van der Waals surface area (Å²) in [5.41, 5.74) is -0.0732. The summed E-state index contributed by atoms with van der Waals surface area (Å²) in [7, 11) is 2.91. The first-order chi connectivity index (χ1) is 8.14. The summed E-state index contributed by atoms with van der Waals surface area (Å²) in [6.07, 6.45) is 0. The maximum atomic E-state index is 11.9. The topological polar surface area (TPSA) is 44.8 Å². The van der Waals surface area contributed by atoms with Crippen LogP contribution in [0, 0.1) is 0 Å². The summed E-state index contributed by atoms with van der Waals surface area (Å²) >= 11 is 5.96. The lowest BCUT2D eigenvalue weighted by Gasteiger charge is -2.39. The number of hydrogen-bond acceptors (Lipinski definition) is 4.